The summed E-state index contributed by atoms with van der Waals surface area (Å²) in [5.74, 6) is 6.19. The number of hydrogen-bond donors (Lipinski definition) is 3. The first-order valence-electron chi connectivity index (χ1n) is 9.70. The van der Waals surface area contributed by atoms with Gasteiger partial charge >= 0.3 is 0 Å². The van der Waals surface area contributed by atoms with E-state index in [9.17, 15) is 15.0 Å². The lowest BCUT2D eigenvalue weighted by Gasteiger charge is -2.58. The summed E-state index contributed by atoms with van der Waals surface area (Å²) in [5, 5.41) is 31.5. The van der Waals surface area contributed by atoms with Crippen molar-refractivity contribution in [2.45, 2.75) is 57.7 Å². The summed E-state index contributed by atoms with van der Waals surface area (Å²) in [6, 6.07) is 0. The fourth-order valence-corrected chi connectivity index (χ4v) is 6.53. The summed E-state index contributed by atoms with van der Waals surface area (Å²) in [6.45, 7) is 3.96. The van der Waals surface area contributed by atoms with Crippen molar-refractivity contribution in [1.82, 2.24) is 0 Å². The van der Waals surface area contributed by atoms with Crippen LogP contribution >= 0.6 is 0 Å². The number of allylic oxidation sites excluding steroid dienone is 4. The fourth-order valence-electron chi connectivity index (χ4n) is 6.53. The van der Waals surface area contributed by atoms with E-state index in [-0.39, 0.29) is 35.6 Å². The van der Waals surface area contributed by atoms with Crippen molar-refractivity contribution >= 4 is 5.78 Å². The highest BCUT2D eigenvalue weighted by Gasteiger charge is 2.65. The van der Waals surface area contributed by atoms with Crippen molar-refractivity contribution in [3.63, 3.8) is 0 Å². The number of aliphatic hydroxyl groups is 3. The van der Waals surface area contributed by atoms with Crippen LogP contribution in [0.3, 0.4) is 0 Å². The number of fused-ring (bicyclic) bond motifs is 5. The smallest absolute Gasteiger partial charge is 0.156 e. The van der Waals surface area contributed by atoms with Gasteiger partial charge in [-0.15, -0.1) is 0 Å². The molecule has 7 atom stereocenters. The first-order chi connectivity index (χ1) is 12.2. The molecule has 4 nitrogen and oxygen atoms in total. The lowest BCUT2D eigenvalue weighted by Crippen LogP contribution is -2.58. The third kappa shape index (κ3) is 2.24. The molecule has 4 aliphatic carbocycles. The van der Waals surface area contributed by atoms with Crippen LogP contribution in [0.25, 0.3) is 0 Å². The number of ketones is 1. The Kier molecular flexibility index (Phi) is 4.00. The minimum absolute atomic E-state index is 0.0677. The summed E-state index contributed by atoms with van der Waals surface area (Å²) in [5.41, 5.74) is -0.807. The van der Waals surface area contributed by atoms with Gasteiger partial charge in [-0.25, -0.2) is 0 Å². The monoisotopic (exact) mass is 356 g/mol. The lowest BCUT2D eigenvalue weighted by atomic mass is 9.47. The molecule has 0 aromatic heterocycles. The number of carbonyl (C=O) groups excluding carboxylic acids is 1. The molecule has 3 N–H and O–H groups in total. The molecule has 0 aliphatic heterocycles. The number of aliphatic hydroxyl groups excluding tert-OH is 2. The second kappa shape index (κ2) is 5.79. The Morgan fingerprint density at radius 1 is 1.31 bits per heavy atom. The van der Waals surface area contributed by atoms with E-state index in [0.29, 0.717) is 19.3 Å². The third-order valence-corrected chi connectivity index (χ3v) is 7.98. The standard InChI is InChI=1S/C22H28O4/c1-20-9-6-15(24)12-14(20)4-5-16-17-7-10-22(26,8-3-11-23)21(17,2)13-18(25)19(16)20/h4-5,12,16-19,23,25-26H,6-7,9-11,13H2,1-2H3/t16-,17-,18-,19+,20-,21-,22-/m0/s1. The maximum Gasteiger partial charge on any atom is 0.156 e. The summed E-state index contributed by atoms with van der Waals surface area (Å²) >= 11 is 0. The SMILES string of the molecule is C[C@]12CCC(=O)C=C1C=C[C@@H]1[C@@H]2[C@@H](O)C[C@@]2(C)[C@H]1CC[C@@]2(O)C#CCO. The summed E-state index contributed by atoms with van der Waals surface area (Å²) in [6.07, 6.45) is 8.70. The Balaban J connectivity index is 1.77. The maximum absolute atomic E-state index is 11.9. The van der Waals surface area contributed by atoms with E-state index in [4.69, 9.17) is 5.11 Å². The Labute approximate surface area is 155 Å². The van der Waals surface area contributed by atoms with E-state index >= 15 is 0 Å². The second-order valence-electron chi connectivity index (χ2n) is 9.10. The first kappa shape index (κ1) is 18.0. The number of carbonyl (C=O) groups is 1. The van der Waals surface area contributed by atoms with E-state index in [1.165, 1.54) is 0 Å². The van der Waals surface area contributed by atoms with Crippen LogP contribution in [0.2, 0.25) is 0 Å². The molecule has 0 heterocycles. The normalized spacial score (nSPS) is 49.4. The molecule has 2 fully saturated rings. The van der Waals surface area contributed by atoms with Gasteiger partial charge in [0.1, 0.15) is 12.2 Å². The van der Waals surface area contributed by atoms with Gasteiger partial charge in [-0.05, 0) is 54.6 Å². The van der Waals surface area contributed by atoms with Gasteiger partial charge in [-0.2, -0.15) is 0 Å². The molecule has 0 aromatic carbocycles. The average molecular weight is 356 g/mol. The molecule has 0 amide bonds. The Morgan fingerprint density at radius 2 is 2.08 bits per heavy atom. The minimum Gasteiger partial charge on any atom is -0.393 e. The molecule has 140 valence electrons. The van der Waals surface area contributed by atoms with Crippen LogP contribution in [0.4, 0.5) is 0 Å². The predicted octanol–water partition coefficient (Wildman–Crippen LogP) is 1.99. The highest BCUT2D eigenvalue weighted by molar-refractivity contribution is 5.92. The van der Waals surface area contributed by atoms with Crippen LogP contribution in [-0.2, 0) is 4.79 Å². The van der Waals surface area contributed by atoms with Crippen LogP contribution in [0, 0.1) is 40.4 Å². The lowest BCUT2D eigenvalue weighted by molar-refractivity contribution is -0.138. The number of rotatable bonds is 0. The van der Waals surface area contributed by atoms with Crippen molar-refractivity contribution < 1.29 is 20.1 Å². The molecular formula is C22H28O4. The highest BCUT2D eigenvalue weighted by atomic mass is 16.3. The number of hydrogen-bond acceptors (Lipinski definition) is 4. The van der Waals surface area contributed by atoms with Gasteiger partial charge in [-0.1, -0.05) is 37.8 Å². The zero-order valence-corrected chi connectivity index (χ0v) is 15.5. The van der Waals surface area contributed by atoms with Crippen molar-refractivity contribution in [2.75, 3.05) is 6.61 Å². The quantitative estimate of drug-likeness (QED) is 0.580. The Morgan fingerprint density at radius 3 is 2.81 bits per heavy atom. The molecule has 2 saturated carbocycles. The van der Waals surface area contributed by atoms with Gasteiger partial charge in [0.25, 0.3) is 0 Å². The molecule has 4 rings (SSSR count). The van der Waals surface area contributed by atoms with Crippen LogP contribution < -0.4 is 0 Å². The van der Waals surface area contributed by atoms with Gasteiger partial charge in [0.15, 0.2) is 5.78 Å². The van der Waals surface area contributed by atoms with E-state index in [1.807, 2.05) is 6.92 Å². The highest BCUT2D eigenvalue weighted by Crippen LogP contribution is 2.66. The van der Waals surface area contributed by atoms with Gasteiger partial charge in [0, 0.05) is 17.8 Å². The van der Waals surface area contributed by atoms with Crippen LogP contribution in [-0.4, -0.2) is 39.4 Å². The maximum atomic E-state index is 11.9. The molecule has 0 aromatic rings. The van der Waals surface area contributed by atoms with Crippen molar-refractivity contribution in [2.24, 2.45) is 28.6 Å². The van der Waals surface area contributed by atoms with Crippen LogP contribution in [0.1, 0.15) is 46.0 Å². The van der Waals surface area contributed by atoms with E-state index in [1.54, 1.807) is 6.08 Å². The Bertz CT molecular complexity index is 756. The fraction of sp³-hybridized carbons (Fsp3) is 0.682. The minimum atomic E-state index is -1.17. The van der Waals surface area contributed by atoms with E-state index < -0.39 is 17.1 Å². The first-order valence-corrected chi connectivity index (χ1v) is 9.70. The van der Waals surface area contributed by atoms with Crippen LogP contribution in [0.5, 0.6) is 0 Å². The zero-order valence-electron chi connectivity index (χ0n) is 15.5. The van der Waals surface area contributed by atoms with Crippen LogP contribution in [0.15, 0.2) is 23.8 Å². The van der Waals surface area contributed by atoms with Gasteiger partial charge < -0.3 is 15.3 Å². The van der Waals surface area contributed by atoms with E-state index in [0.717, 1.165) is 18.4 Å². The van der Waals surface area contributed by atoms with Gasteiger partial charge in [-0.3, -0.25) is 4.79 Å². The van der Waals surface area contributed by atoms with E-state index in [2.05, 4.69) is 30.9 Å². The Hall–Kier alpha value is -1.41. The van der Waals surface area contributed by atoms with Crippen molar-refractivity contribution in [1.29, 1.82) is 0 Å². The zero-order chi connectivity index (χ0) is 18.7. The molecule has 0 spiro atoms. The molecular weight excluding hydrogens is 328 g/mol. The van der Waals surface area contributed by atoms with Gasteiger partial charge in [0.2, 0.25) is 0 Å². The van der Waals surface area contributed by atoms with Gasteiger partial charge in [0.05, 0.1) is 6.10 Å². The summed E-state index contributed by atoms with van der Waals surface area (Å²) in [7, 11) is 0. The second-order valence-corrected chi connectivity index (χ2v) is 9.10. The van der Waals surface area contributed by atoms with Crippen molar-refractivity contribution in [3.8, 4) is 11.8 Å². The molecule has 4 aliphatic rings. The molecule has 26 heavy (non-hydrogen) atoms. The predicted molar refractivity (Wildman–Crippen MR) is 97.8 cm³/mol. The third-order valence-electron chi connectivity index (χ3n) is 7.98. The molecule has 0 unspecified atom stereocenters. The molecule has 4 heteroatoms. The summed E-state index contributed by atoms with van der Waals surface area (Å²) < 4.78 is 0. The average Bonchev–Trinajstić information content (AvgIpc) is 2.85. The molecule has 0 saturated heterocycles. The molecule has 0 radical (unpaired) electrons. The largest absolute Gasteiger partial charge is 0.393 e. The summed E-state index contributed by atoms with van der Waals surface area (Å²) in [4.78, 5) is 11.9. The topological polar surface area (TPSA) is 77.8 Å². The van der Waals surface area contributed by atoms with Crippen molar-refractivity contribution in [3.05, 3.63) is 23.8 Å². The molecule has 0 bridgehead atoms.